The van der Waals surface area contributed by atoms with Gasteiger partial charge in [0, 0.05) is 18.5 Å². The topological polar surface area (TPSA) is 121 Å². The van der Waals surface area contributed by atoms with E-state index in [1.165, 1.54) is 0 Å². The van der Waals surface area contributed by atoms with E-state index in [2.05, 4.69) is 15.5 Å². The maximum absolute atomic E-state index is 12.8. The highest BCUT2D eigenvalue weighted by Gasteiger charge is 2.31. The number of hydrogen-bond donors (Lipinski definition) is 2. The number of rotatable bonds is 6. The van der Waals surface area contributed by atoms with E-state index in [0.29, 0.717) is 49.0 Å². The van der Waals surface area contributed by atoms with Crippen molar-refractivity contribution in [1.82, 2.24) is 20.4 Å². The number of ether oxygens (including phenoxy) is 1. The monoisotopic (exact) mass is 414 g/mol. The molecule has 1 aromatic carbocycles. The largest absolute Gasteiger partial charge is 0.466 e. The molecule has 2 atom stereocenters. The molecule has 160 valence electrons. The number of likely N-dealkylation sites (tertiary alicyclic amines) is 1. The summed E-state index contributed by atoms with van der Waals surface area (Å²) in [7, 11) is 0. The summed E-state index contributed by atoms with van der Waals surface area (Å²) in [6.07, 6.45) is 1.33. The Morgan fingerprint density at radius 2 is 2.03 bits per heavy atom. The number of piperidine rings is 1. The van der Waals surface area contributed by atoms with Crippen LogP contribution in [0.2, 0.25) is 0 Å². The van der Waals surface area contributed by atoms with Gasteiger partial charge in [-0.05, 0) is 32.8 Å². The van der Waals surface area contributed by atoms with Crippen LogP contribution in [-0.4, -0.2) is 58.6 Å². The van der Waals surface area contributed by atoms with Crippen LogP contribution in [0.1, 0.15) is 32.4 Å². The summed E-state index contributed by atoms with van der Waals surface area (Å²) in [6.45, 7) is 4.52. The Morgan fingerprint density at radius 1 is 1.30 bits per heavy atom. The lowest BCUT2D eigenvalue weighted by molar-refractivity contribution is -0.151. The fourth-order valence-electron chi connectivity index (χ4n) is 3.72. The van der Waals surface area contributed by atoms with Gasteiger partial charge in [-0.3, -0.25) is 19.2 Å². The Kier molecular flexibility index (Phi) is 6.81. The number of nitrogens with zero attached hydrogens (tertiary/aromatic N) is 2. The van der Waals surface area contributed by atoms with Crippen LogP contribution in [0, 0.1) is 5.92 Å². The number of nitrogens with one attached hydrogen (secondary N) is 2. The summed E-state index contributed by atoms with van der Waals surface area (Å²) in [5, 5.41) is 10.1. The molecular formula is C21H26N4O5. The second kappa shape index (κ2) is 9.51. The molecule has 2 amide bonds. The maximum atomic E-state index is 12.8. The van der Waals surface area contributed by atoms with Crippen molar-refractivity contribution in [3.8, 4) is 0 Å². The van der Waals surface area contributed by atoms with E-state index in [9.17, 15) is 19.2 Å². The highest BCUT2D eigenvalue weighted by molar-refractivity contribution is 5.91. The average Bonchev–Trinajstić information content (AvgIpc) is 2.75. The summed E-state index contributed by atoms with van der Waals surface area (Å²) in [4.78, 5) is 50.7. The molecule has 1 aliphatic rings. The molecule has 2 aromatic rings. The number of benzene rings is 1. The normalized spacial score (nSPS) is 17.4. The molecule has 0 aliphatic carbocycles. The quantitative estimate of drug-likeness (QED) is 0.674. The number of esters is 1. The first kappa shape index (κ1) is 21.5. The molecule has 1 saturated heterocycles. The Labute approximate surface area is 173 Å². The minimum atomic E-state index is -0.743. The fraction of sp³-hybridized carbons (Fsp3) is 0.476. The van der Waals surface area contributed by atoms with E-state index < -0.39 is 6.04 Å². The van der Waals surface area contributed by atoms with Crippen LogP contribution in [0.5, 0.6) is 0 Å². The molecule has 0 radical (unpaired) electrons. The molecule has 1 aromatic heterocycles. The standard InChI is InChI=1S/C21H26N4O5/c1-3-30-21(29)14-7-6-10-25(12-14)20(28)13(2)22-18(26)11-17-15-8-4-5-9-16(15)19(27)24-23-17/h4-5,8-9,13-14H,3,6-7,10-12H2,1-2H3,(H,22,26)(H,24,27)/t13-,14?/m0/s1. The molecule has 2 heterocycles. The molecule has 0 spiro atoms. The first-order valence-electron chi connectivity index (χ1n) is 10.1. The number of hydrogen-bond acceptors (Lipinski definition) is 6. The highest BCUT2D eigenvalue weighted by atomic mass is 16.5. The zero-order valence-electron chi connectivity index (χ0n) is 17.1. The molecule has 1 aliphatic heterocycles. The van der Waals surface area contributed by atoms with E-state index in [1.54, 1.807) is 43.0 Å². The summed E-state index contributed by atoms with van der Waals surface area (Å²) < 4.78 is 5.07. The van der Waals surface area contributed by atoms with Gasteiger partial charge in [0.05, 0.1) is 30.0 Å². The first-order valence-corrected chi connectivity index (χ1v) is 10.1. The summed E-state index contributed by atoms with van der Waals surface area (Å²) in [5.41, 5.74) is 0.113. The van der Waals surface area contributed by atoms with Crippen LogP contribution in [0.15, 0.2) is 29.1 Å². The van der Waals surface area contributed by atoms with Crippen molar-refractivity contribution in [2.45, 2.75) is 39.2 Å². The van der Waals surface area contributed by atoms with Crippen LogP contribution in [0.3, 0.4) is 0 Å². The molecule has 1 unspecified atom stereocenters. The van der Waals surface area contributed by atoms with E-state index >= 15 is 0 Å². The maximum Gasteiger partial charge on any atom is 0.310 e. The summed E-state index contributed by atoms with van der Waals surface area (Å²) in [6, 6.07) is 6.17. The lowest BCUT2D eigenvalue weighted by Crippen LogP contribution is -2.51. The average molecular weight is 414 g/mol. The van der Waals surface area contributed by atoms with Gasteiger partial charge in [-0.2, -0.15) is 5.10 Å². The third-order valence-corrected chi connectivity index (χ3v) is 5.20. The molecule has 0 saturated carbocycles. The second-order valence-electron chi connectivity index (χ2n) is 7.39. The van der Waals surface area contributed by atoms with Gasteiger partial charge >= 0.3 is 5.97 Å². The van der Waals surface area contributed by atoms with Crippen LogP contribution < -0.4 is 10.9 Å². The summed E-state index contributed by atoms with van der Waals surface area (Å²) in [5.74, 6) is -1.24. The lowest BCUT2D eigenvalue weighted by Gasteiger charge is -2.33. The fourth-order valence-corrected chi connectivity index (χ4v) is 3.72. The van der Waals surface area contributed by atoms with Gasteiger partial charge in [0.25, 0.3) is 5.56 Å². The van der Waals surface area contributed by atoms with Gasteiger partial charge in [-0.1, -0.05) is 18.2 Å². The number of amides is 2. The Hall–Kier alpha value is -3.23. The third kappa shape index (κ3) is 4.84. The second-order valence-corrected chi connectivity index (χ2v) is 7.39. The van der Waals surface area contributed by atoms with Gasteiger partial charge < -0.3 is 15.0 Å². The van der Waals surface area contributed by atoms with Crippen molar-refractivity contribution in [1.29, 1.82) is 0 Å². The van der Waals surface area contributed by atoms with Crippen molar-refractivity contribution in [2.24, 2.45) is 5.92 Å². The van der Waals surface area contributed by atoms with Crippen molar-refractivity contribution in [2.75, 3.05) is 19.7 Å². The first-order chi connectivity index (χ1) is 14.4. The molecule has 3 rings (SSSR count). The van der Waals surface area contributed by atoms with Crippen LogP contribution in [-0.2, 0) is 25.5 Å². The summed E-state index contributed by atoms with van der Waals surface area (Å²) >= 11 is 0. The number of aromatic amines is 1. The minimum absolute atomic E-state index is 0.0691. The Balaban J connectivity index is 1.62. The SMILES string of the molecule is CCOC(=O)C1CCCN(C(=O)[C@H](C)NC(=O)Cc2n[nH]c(=O)c3ccccc23)C1. The van der Waals surface area contributed by atoms with Gasteiger partial charge in [-0.25, -0.2) is 5.10 Å². The van der Waals surface area contributed by atoms with E-state index in [1.807, 2.05) is 0 Å². The van der Waals surface area contributed by atoms with E-state index in [4.69, 9.17) is 4.74 Å². The van der Waals surface area contributed by atoms with Gasteiger partial charge in [-0.15, -0.1) is 0 Å². The number of carbonyl (C=O) groups excluding carboxylic acids is 3. The molecule has 0 bridgehead atoms. The third-order valence-electron chi connectivity index (χ3n) is 5.20. The highest BCUT2D eigenvalue weighted by Crippen LogP contribution is 2.19. The van der Waals surface area contributed by atoms with Gasteiger partial charge in [0.2, 0.25) is 11.8 Å². The lowest BCUT2D eigenvalue weighted by atomic mass is 9.97. The van der Waals surface area contributed by atoms with Crippen LogP contribution in [0.25, 0.3) is 10.8 Å². The Morgan fingerprint density at radius 3 is 2.77 bits per heavy atom. The number of carbonyl (C=O) groups is 3. The van der Waals surface area contributed by atoms with Crippen LogP contribution in [0.4, 0.5) is 0 Å². The van der Waals surface area contributed by atoms with Crippen molar-refractivity contribution in [3.63, 3.8) is 0 Å². The minimum Gasteiger partial charge on any atom is -0.466 e. The van der Waals surface area contributed by atoms with Crippen LogP contribution >= 0.6 is 0 Å². The van der Waals surface area contributed by atoms with Crippen molar-refractivity contribution < 1.29 is 19.1 Å². The molecule has 9 nitrogen and oxygen atoms in total. The number of H-pyrrole nitrogens is 1. The van der Waals surface area contributed by atoms with Crippen molar-refractivity contribution in [3.05, 3.63) is 40.3 Å². The Bertz CT molecular complexity index is 1000. The molecular weight excluding hydrogens is 388 g/mol. The zero-order chi connectivity index (χ0) is 21.7. The van der Waals surface area contributed by atoms with E-state index in [0.717, 1.165) is 0 Å². The zero-order valence-corrected chi connectivity index (χ0v) is 17.1. The molecule has 9 heteroatoms. The predicted octanol–water partition coefficient (Wildman–Crippen LogP) is 0.772. The molecule has 2 N–H and O–H groups in total. The molecule has 1 fully saturated rings. The van der Waals surface area contributed by atoms with E-state index in [-0.39, 0.29) is 35.7 Å². The van der Waals surface area contributed by atoms with Gasteiger partial charge in [0.1, 0.15) is 6.04 Å². The number of fused-ring (bicyclic) bond motifs is 1. The molecule has 30 heavy (non-hydrogen) atoms. The van der Waals surface area contributed by atoms with Crippen molar-refractivity contribution >= 4 is 28.6 Å². The smallest absolute Gasteiger partial charge is 0.310 e. The predicted molar refractivity (Wildman–Crippen MR) is 110 cm³/mol. The van der Waals surface area contributed by atoms with Gasteiger partial charge in [0.15, 0.2) is 0 Å². The number of aromatic nitrogens is 2.